The molecule has 3 N–H and O–H groups in total. The van der Waals surface area contributed by atoms with Gasteiger partial charge in [-0.15, -0.1) is 0 Å². The van der Waals surface area contributed by atoms with E-state index in [4.69, 9.17) is 10.5 Å². The predicted octanol–water partition coefficient (Wildman–Crippen LogP) is 1.69. The molecule has 3 heterocycles. The molecule has 0 spiro atoms. The molecule has 9 heteroatoms. The second-order valence-electron chi connectivity index (χ2n) is 7.93. The number of aryl methyl sites for hydroxylation is 1. The van der Waals surface area contributed by atoms with Gasteiger partial charge in [0.15, 0.2) is 11.5 Å². The Labute approximate surface area is 172 Å². The lowest BCUT2D eigenvalue weighted by molar-refractivity contribution is 0.152. The minimum Gasteiger partial charge on any atom is -0.463 e. The Morgan fingerprint density at radius 3 is 2.48 bits per heavy atom. The topological polar surface area (TPSA) is 105 Å². The van der Waals surface area contributed by atoms with Gasteiger partial charge < -0.3 is 25.3 Å². The first-order valence-electron chi connectivity index (χ1n) is 10.9. The summed E-state index contributed by atoms with van der Waals surface area (Å²) in [5.41, 5.74) is 6.83. The van der Waals surface area contributed by atoms with Gasteiger partial charge in [0.05, 0.1) is 6.61 Å². The normalized spacial score (nSPS) is 15.9. The number of anilines is 1. The average Bonchev–Trinajstić information content (AvgIpc) is 3.02. The second kappa shape index (κ2) is 10.6. The van der Waals surface area contributed by atoms with Crippen LogP contribution in [0.5, 0.6) is 6.01 Å². The maximum Gasteiger partial charge on any atom is 0.327 e. The van der Waals surface area contributed by atoms with Gasteiger partial charge in [-0.2, -0.15) is 9.97 Å². The maximum atomic E-state index is 12.3. The number of imidazole rings is 1. The van der Waals surface area contributed by atoms with Gasteiger partial charge in [0.1, 0.15) is 5.52 Å². The highest BCUT2D eigenvalue weighted by Crippen LogP contribution is 2.18. The highest BCUT2D eigenvalue weighted by Gasteiger charge is 2.15. The molecule has 0 aliphatic carbocycles. The Kier molecular flexibility index (Phi) is 7.88. The smallest absolute Gasteiger partial charge is 0.327 e. The van der Waals surface area contributed by atoms with Crippen molar-refractivity contribution >= 4 is 17.0 Å². The van der Waals surface area contributed by atoms with E-state index in [1.165, 1.54) is 45.6 Å². The Bertz CT molecular complexity index is 824. The van der Waals surface area contributed by atoms with E-state index in [0.717, 1.165) is 25.7 Å². The van der Waals surface area contributed by atoms with E-state index >= 15 is 0 Å². The van der Waals surface area contributed by atoms with Crippen molar-refractivity contribution in [3.05, 3.63) is 10.5 Å². The highest BCUT2D eigenvalue weighted by atomic mass is 16.5. The third kappa shape index (κ3) is 5.93. The third-order valence-corrected chi connectivity index (χ3v) is 5.56. The lowest BCUT2D eigenvalue weighted by atomic mass is 10.2. The number of hydrogen-bond donors (Lipinski definition) is 2. The van der Waals surface area contributed by atoms with Crippen LogP contribution in [0.2, 0.25) is 0 Å². The highest BCUT2D eigenvalue weighted by molar-refractivity contribution is 5.81. The molecular weight excluding hydrogens is 370 g/mol. The summed E-state index contributed by atoms with van der Waals surface area (Å²) in [5.74, 6) is 0.254. The van der Waals surface area contributed by atoms with Crippen LogP contribution in [0, 0.1) is 0 Å². The van der Waals surface area contributed by atoms with E-state index in [2.05, 4.69) is 38.7 Å². The summed E-state index contributed by atoms with van der Waals surface area (Å²) in [7, 11) is 2.18. The van der Waals surface area contributed by atoms with Gasteiger partial charge in [0.2, 0.25) is 0 Å². The van der Waals surface area contributed by atoms with Crippen molar-refractivity contribution in [2.45, 2.75) is 52.0 Å². The predicted molar refractivity (Wildman–Crippen MR) is 115 cm³/mol. The molecule has 2 aromatic heterocycles. The number of H-pyrrole nitrogens is 1. The van der Waals surface area contributed by atoms with Crippen molar-refractivity contribution in [3.8, 4) is 6.01 Å². The Hall–Kier alpha value is -2.13. The number of hydrogen-bond acceptors (Lipinski definition) is 7. The summed E-state index contributed by atoms with van der Waals surface area (Å²) >= 11 is 0. The van der Waals surface area contributed by atoms with Crippen molar-refractivity contribution in [2.24, 2.45) is 0 Å². The quantitative estimate of drug-likeness (QED) is 0.548. The van der Waals surface area contributed by atoms with Crippen LogP contribution in [0.25, 0.3) is 11.2 Å². The standard InChI is InChI=1S/C20H35N7O2/c1-3-4-15-29-19-23-17(21)16-18(24-19)27(20(28)22-16)10-8-6-5-7-9-26-13-11-25(2)12-14-26/h3-15H2,1-2H3,(H,22,28)(H2,21,23,24). The Morgan fingerprint density at radius 1 is 1.03 bits per heavy atom. The zero-order chi connectivity index (χ0) is 20.6. The van der Waals surface area contributed by atoms with Crippen LogP contribution < -0.4 is 16.2 Å². The van der Waals surface area contributed by atoms with Crippen molar-refractivity contribution in [2.75, 3.05) is 52.1 Å². The number of likely N-dealkylation sites (N-methyl/N-ethyl adjacent to an activating group) is 1. The zero-order valence-corrected chi connectivity index (χ0v) is 17.8. The second-order valence-corrected chi connectivity index (χ2v) is 7.93. The monoisotopic (exact) mass is 405 g/mol. The number of aromatic nitrogens is 4. The summed E-state index contributed by atoms with van der Waals surface area (Å²) < 4.78 is 7.24. The molecule has 0 unspecified atom stereocenters. The number of rotatable bonds is 11. The molecule has 29 heavy (non-hydrogen) atoms. The van der Waals surface area contributed by atoms with E-state index in [0.29, 0.717) is 24.3 Å². The number of ether oxygens (including phenoxy) is 1. The van der Waals surface area contributed by atoms with E-state index < -0.39 is 0 Å². The van der Waals surface area contributed by atoms with Crippen LogP contribution in [0.4, 0.5) is 5.82 Å². The van der Waals surface area contributed by atoms with Gasteiger partial charge in [0.25, 0.3) is 0 Å². The molecule has 162 valence electrons. The summed E-state index contributed by atoms with van der Waals surface area (Å²) in [5, 5.41) is 0. The fourth-order valence-corrected chi connectivity index (χ4v) is 3.64. The van der Waals surface area contributed by atoms with E-state index in [9.17, 15) is 4.79 Å². The molecule has 0 saturated carbocycles. The van der Waals surface area contributed by atoms with Crippen LogP contribution in [0.1, 0.15) is 45.4 Å². The molecule has 1 aliphatic heterocycles. The molecule has 0 bridgehead atoms. The molecule has 0 radical (unpaired) electrons. The molecule has 9 nitrogen and oxygen atoms in total. The number of aromatic amines is 1. The van der Waals surface area contributed by atoms with E-state index in [1.807, 2.05) is 0 Å². The van der Waals surface area contributed by atoms with Crippen LogP contribution in [-0.2, 0) is 6.54 Å². The van der Waals surface area contributed by atoms with Crippen LogP contribution in [0.3, 0.4) is 0 Å². The van der Waals surface area contributed by atoms with Gasteiger partial charge >= 0.3 is 11.7 Å². The number of unbranched alkanes of at least 4 members (excludes halogenated alkanes) is 4. The lowest BCUT2D eigenvalue weighted by Gasteiger charge is -2.32. The van der Waals surface area contributed by atoms with Crippen molar-refractivity contribution in [3.63, 3.8) is 0 Å². The summed E-state index contributed by atoms with van der Waals surface area (Å²) in [6, 6.07) is 0.239. The van der Waals surface area contributed by atoms with Gasteiger partial charge in [-0.05, 0) is 32.9 Å². The Morgan fingerprint density at radius 2 is 1.76 bits per heavy atom. The molecule has 0 atom stereocenters. The first-order valence-corrected chi connectivity index (χ1v) is 10.9. The van der Waals surface area contributed by atoms with Crippen molar-refractivity contribution < 1.29 is 4.74 Å². The number of piperazine rings is 1. The first-order chi connectivity index (χ1) is 14.1. The average molecular weight is 406 g/mol. The fraction of sp³-hybridized carbons (Fsp3) is 0.750. The molecule has 0 aromatic carbocycles. The summed E-state index contributed by atoms with van der Waals surface area (Å²) in [4.78, 5) is 28.6. The molecule has 3 rings (SSSR count). The number of nitrogens with two attached hydrogens (primary N) is 1. The van der Waals surface area contributed by atoms with Crippen molar-refractivity contribution in [1.29, 1.82) is 0 Å². The first kappa shape index (κ1) is 21.6. The van der Waals surface area contributed by atoms with Gasteiger partial charge in [-0.3, -0.25) is 4.57 Å². The van der Waals surface area contributed by atoms with E-state index in [-0.39, 0.29) is 17.5 Å². The van der Waals surface area contributed by atoms with Gasteiger partial charge in [-0.1, -0.05) is 26.2 Å². The molecule has 1 aliphatic rings. The third-order valence-electron chi connectivity index (χ3n) is 5.56. The molecule has 2 aromatic rings. The van der Waals surface area contributed by atoms with E-state index in [1.54, 1.807) is 4.57 Å². The fourth-order valence-electron chi connectivity index (χ4n) is 3.64. The van der Waals surface area contributed by atoms with Crippen molar-refractivity contribution in [1.82, 2.24) is 29.3 Å². The number of nitrogens with one attached hydrogen (secondary N) is 1. The number of nitrogens with zero attached hydrogens (tertiary/aromatic N) is 5. The SMILES string of the molecule is CCCCOc1nc(N)c2[nH]c(=O)n(CCCCCCN3CCN(C)CC3)c2n1. The summed E-state index contributed by atoms with van der Waals surface area (Å²) in [6.45, 7) is 9.11. The minimum absolute atomic E-state index is 0.191. The van der Waals surface area contributed by atoms with Gasteiger partial charge in [-0.25, -0.2) is 4.79 Å². The minimum atomic E-state index is -0.191. The molecule has 1 saturated heterocycles. The largest absolute Gasteiger partial charge is 0.463 e. The van der Waals surface area contributed by atoms with Crippen LogP contribution in [0.15, 0.2) is 4.79 Å². The number of nitrogen functional groups attached to an aromatic ring is 1. The Balaban J connectivity index is 1.49. The molecular formula is C20H35N7O2. The zero-order valence-electron chi connectivity index (χ0n) is 17.8. The lowest BCUT2D eigenvalue weighted by Crippen LogP contribution is -2.44. The molecule has 0 amide bonds. The van der Waals surface area contributed by atoms with Crippen LogP contribution in [-0.4, -0.2) is 75.7 Å². The molecule has 1 fully saturated rings. The van der Waals surface area contributed by atoms with Crippen LogP contribution >= 0.6 is 0 Å². The summed E-state index contributed by atoms with van der Waals surface area (Å²) in [6.07, 6.45) is 6.36. The maximum absolute atomic E-state index is 12.3. The number of fused-ring (bicyclic) bond motifs is 1. The van der Waals surface area contributed by atoms with Gasteiger partial charge in [0, 0.05) is 32.7 Å².